The van der Waals surface area contributed by atoms with Crippen molar-refractivity contribution < 1.29 is 14.5 Å². The molecule has 0 aliphatic carbocycles. The number of primary amides is 1. The fraction of sp³-hybridized carbons (Fsp3) is 0.438. The third-order valence-electron chi connectivity index (χ3n) is 8.49. The number of nitrogens with zero attached hydrogens (tertiary/aromatic N) is 4. The Balaban J connectivity index is 1.45. The number of benzene rings is 2. The van der Waals surface area contributed by atoms with Crippen LogP contribution >= 0.6 is 0 Å². The van der Waals surface area contributed by atoms with Crippen molar-refractivity contribution in [1.29, 1.82) is 5.26 Å². The van der Waals surface area contributed by atoms with Gasteiger partial charge in [0.1, 0.15) is 0 Å². The van der Waals surface area contributed by atoms with Gasteiger partial charge in [0.15, 0.2) is 0 Å². The summed E-state index contributed by atoms with van der Waals surface area (Å²) < 4.78 is 0. The van der Waals surface area contributed by atoms with Gasteiger partial charge in [0.05, 0.1) is 22.3 Å². The van der Waals surface area contributed by atoms with Crippen LogP contribution in [0.3, 0.4) is 0 Å². The molecule has 1 saturated heterocycles. The zero-order valence-corrected chi connectivity index (χ0v) is 24.2. The van der Waals surface area contributed by atoms with Gasteiger partial charge < -0.3 is 16.0 Å². The van der Waals surface area contributed by atoms with Crippen LogP contribution in [0, 0.1) is 27.4 Å². The second kappa shape index (κ2) is 13.5. The highest BCUT2D eigenvalue weighted by molar-refractivity contribution is 6.09. The zero-order valence-electron chi connectivity index (χ0n) is 24.2. The third-order valence-corrected chi connectivity index (χ3v) is 8.49. The molecule has 0 spiro atoms. The molecule has 0 aromatic heterocycles. The lowest BCUT2D eigenvalue weighted by molar-refractivity contribution is -0.384. The van der Waals surface area contributed by atoms with Gasteiger partial charge in [0.2, 0.25) is 11.8 Å². The van der Waals surface area contributed by atoms with Crippen LogP contribution in [-0.4, -0.2) is 53.5 Å². The number of non-ortho nitro benzene ring substituents is 1. The fourth-order valence-corrected chi connectivity index (χ4v) is 6.15. The summed E-state index contributed by atoms with van der Waals surface area (Å²) in [6.45, 7) is 6.61. The Morgan fingerprint density at radius 3 is 2.33 bits per heavy atom. The SMILES string of the molecule is CCC1=NC(CC)=C(C(=O)NCCCN2CCC(C#N)(c3ccccc3)CC2)C(c2ccc([N+](=O)[O-])cc2)C1C(N)=O. The highest BCUT2D eigenvalue weighted by atomic mass is 16.6. The van der Waals surface area contributed by atoms with Gasteiger partial charge in [-0.25, -0.2) is 0 Å². The van der Waals surface area contributed by atoms with E-state index in [-0.39, 0.29) is 11.6 Å². The van der Waals surface area contributed by atoms with Gasteiger partial charge >= 0.3 is 0 Å². The summed E-state index contributed by atoms with van der Waals surface area (Å²) in [5.41, 5.74) is 8.57. The largest absolute Gasteiger partial charge is 0.369 e. The normalized spacial score (nSPS) is 20.4. The summed E-state index contributed by atoms with van der Waals surface area (Å²) in [7, 11) is 0. The molecule has 0 saturated carbocycles. The molecular weight excluding hydrogens is 532 g/mol. The highest BCUT2D eigenvalue weighted by Gasteiger charge is 2.41. The van der Waals surface area contributed by atoms with Crippen LogP contribution in [0.4, 0.5) is 5.69 Å². The van der Waals surface area contributed by atoms with Crippen molar-refractivity contribution in [1.82, 2.24) is 10.2 Å². The fourth-order valence-electron chi connectivity index (χ4n) is 6.15. The van der Waals surface area contributed by atoms with E-state index in [1.165, 1.54) is 12.1 Å². The molecule has 0 radical (unpaired) electrons. The van der Waals surface area contributed by atoms with E-state index in [9.17, 15) is 25.0 Å². The van der Waals surface area contributed by atoms with E-state index in [4.69, 9.17) is 5.73 Å². The van der Waals surface area contributed by atoms with E-state index in [1.54, 1.807) is 12.1 Å². The topological polar surface area (TPSA) is 155 Å². The molecule has 10 nitrogen and oxygen atoms in total. The quantitative estimate of drug-likeness (QED) is 0.232. The molecular formula is C32H38N6O4. The summed E-state index contributed by atoms with van der Waals surface area (Å²) in [6.07, 6.45) is 3.21. The van der Waals surface area contributed by atoms with Gasteiger partial charge in [-0.2, -0.15) is 5.26 Å². The maximum absolute atomic E-state index is 13.7. The van der Waals surface area contributed by atoms with Crippen LogP contribution < -0.4 is 11.1 Å². The molecule has 42 heavy (non-hydrogen) atoms. The predicted molar refractivity (Wildman–Crippen MR) is 161 cm³/mol. The summed E-state index contributed by atoms with van der Waals surface area (Å²) in [5.74, 6) is -2.42. The molecule has 2 heterocycles. The number of allylic oxidation sites excluding steroid dienone is 1. The first-order valence-electron chi connectivity index (χ1n) is 14.6. The van der Waals surface area contributed by atoms with Gasteiger partial charge in [0, 0.05) is 41.6 Å². The van der Waals surface area contributed by atoms with E-state index in [0.29, 0.717) is 41.9 Å². The number of piperidine rings is 1. The van der Waals surface area contributed by atoms with Crippen LogP contribution in [0.1, 0.15) is 63.0 Å². The van der Waals surface area contributed by atoms with Crippen LogP contribution in [0.5, 0.6) is 0 Å². The standard InChI is InChI=1S/C32H38N6O4/c1-3-25-28(30(34)39)27(22-11-13-24(14-12-22)38(41)42)29(26(4-2)36-25)31(40)35-17-8-18-37-19-15-32(21-33,16-20-37)23-9-6-5-7-10-23/h5-7,9-14,27-28H,3-4,8,15-20H2,1-2H3,(H2,34,39)(H,35,40). The number of rotatable bonds is 11. The molecule has 2 atom stereocenters. The Bertz CT molecular complexity index is 1400. The lowest BCUT2D eigenvalue weighted by atomic mass is 9.73. The lowest BCUT2D eigenvalue weighted by Crippen LogP contribution is -2.43. The van der Waals surface area contributed by atoms with Crippen molar-refractivity contribution in [2.45, 2.75) is 57.3 Å². The number of amides is 2. The molecule has 2 unspecified atom stereocenters. The summed E-state index contributed by atoms with van der Waals surface area (Å²) in [5, 5.41) is 24.2. The number of nitrogens with one attached hydrogen (secondary N) is 1. The van der Waals surface area contributed by atoms with Crippen LogP contribution in [0.25, 0.3) is 0 Å². The number of hydrogen-bond donors (Lipinski definition) is 2. The number of nitriles is 1. The maximum atomic E-state index is 13.7. The van der Waals surface area contributed by atoms with Gasteiger partial charge in [-0.15, -0.1) is 0 Å². The lowest BCUT2D eigenvalue weighted by Gasteiger charge is -2.37. The number of hydrogen-bond acceptors (Lipinski definition) is 7. The Morgan fingerprint density at radius 2 is 1.79 bits per heavy atom. The van der Waals surface area contributed by atoms with Gasteiger partial charge in [0.25, 0.3) is 5.69 Å². The van der Waals surface area contributed by atoms with Crippen molar-refractivity contribution in [2.75, 3.05) is 26.2 Å². The average molecular weight is 571 g/mol. The predicted octanol–water partition coefficient (Wildman–Crippen LogP) is 4.37. The van der Waals surface area contributed by atoms with Gasteiger partial charge in [-0.1, -0.05) is 56.3 Å². The van der Waals surface area contributed by atoms with Crippen LogP contribution in [0.2, 0.25) is 0 Å². The molecule has 0 bridgehead atoms. The number of nitro benzene ring substituents is 1. The Labute approximate surface area is 246 Å². The number of nitro groups is 1. The first-order valence-corrected chi connectivity index (χ1v) is 14.6. The molecule has 2 amide bonds. The van der Waals surface area contributed by atoms with Gasteiger partial charge in [-0.05, 0) is 62.9 Å². The Kier molecular flexibility index (Phi) is 9.86. The van der Waals surface area contributed by atoms with Crippen molar-refractivity contribution in [3.63, 3.8) is 0 Å². The second-order valence-corrected chi connectivity index (χ2v) is 10.9. The molecule has 3 N–H and O–H groups in total. The number of likely N-dealkylation sites (tertiary alicyclic amines) is 1. The van der Waals surface area contributed by atoms with E-state index in [2.05, 4.69) is 21.3 Å². The van der Waals surface area contributed by atoms with Crippen molar-refractivity contribution >= 4 is 23.2 Å². The number of nitrogens with two attached hydrogens (primary N) is 1. The highest BCUT2D eigenvalue weighted by Crippen LogP contribution is 2.41. The molecule has 2 aromatic rings. The second-order valence-electron chi connectivity index (χ2n) is 10.9. The van der Waals surface area contributed by atoms with E-state index in [0.717, 1.165) is 44.5 Å². The maximum Gasteiger partial charge on any atom is 0.269 e. The van der Waals surface area contributed by atoms with Crippen molar-refractivity contribution in [3.05, 3.63) is 87.1 Å². The number of carbonyl (C=O) groups is 2. The minimum Gasteiger partial charge on any atom is -0.369 e. The summed E-state index contributed by atoms with van der Waals surface area (Å²) >= 11 is 0. The molecule has 2 aromatic carbocycles. The smallest absolute Gasteiger partial charge is 0.269 e. The van der Waals surface area contributed by atoms with Crippen molar-refractivity contribution in [2.24, 2.45) is 16.6 Å². The third kappa shape index (κ3) is 6.42. The van der Waals surface area contributed by atoms with Crippen LogP contribution in [-0.2, 0) is 15.0 Å². The van der Waals surface area contributed by atoms with Gasteiger partial charge in [-0.3, -0.25) is 24.7 Å². The van der Waals surface area contributed by atoms with E-state index in [1.807, 2.05) is 44.2 Å². The van der Waals surface area contributed by atoms with E-state index < -0.39 is 28.1 Å². The molecule has 10 heteroatoms. The zero-order chi connectivity index (χ0) is 30.3. The number of aliphatic imine (C=N–C) groups is 1. The minimum atomic E-state index is -0.828. The Hall–Kier alpha value is -4.36. The Morgan fingerprint density at radius 1 is 1.12 bits per heavy atom. The van der Waals surface area contributed by atoms with Crippen LogP contribution in [0.15, 0.2) is 70.9 Å². The molecule has 1 fully saturated rings. The first kappa shape index (κ1) is 30.6. The minimum absolute atomic E-state index is 0.0752. The van der Waals surface area contributed by atoms with Crippen molar-refractivity contribution in [3.8, 4) is 6.07 Å². The molecule has 4 rings (SSSR count). The monoisotopic (exact) mass is 570 g/mol. The molecule has 2 aliphatic rings. The number of carbonyl (C=O) groups excluding carboxylic acids is 2. The van der Waals surface area contributed by atoms with E-state index >= 15 is 0 Å². The summed E-state index contributed by atoms with van der Waals surface area (Å²) in [6, 6.07) is 18.5. The molecule has 220 valence electrons. The summed E-state index contributed by atoms with van der Waals surface area (Å²) in [4.78, 5) is 44.1. The first-order chi connectivity index (χ1) is 20.2. The molecule has 2 aliphatic heterocycles. The average Bonchev–Trinajstić information content (AvgIpc) is 3.02.